The SMILES string of the molecule is O=C(O)C[C@@H]1C[C@]23C4=C(C(=O)c5cccc(O)c5C4=O)[C@H]([C@H](O)CC(=O)O)[C@H]2C(=O)c2c(O)cccc2[C@]3(O)O1. The van der Waals surface area contributed by atoms with Crippen molar-refractivity contribution in [3.63, 3.8) is 0 Å². The molecule has 2 aromatic rings. The van der Waals surface area contributed by atoms with Crippen LogP contribution in [0.1, 0.15) is 55.9 Å². The largest absolute Gasteiger partial charge is 0.507 e. The van der Waals surface area contributed by atoms with Crippen LogP contribution in [0.15, 0.2) is 47.5 Å². The molecule has 3 aliphatic carbocycles. The van der Waals surface area contributed by atoms with Gasteiger partial charge in [-0.15, -0.1) is 0 Å². The average Bonchev–Trinajstić information content (AvgIpc) is 3.34. The highest BCUT2D eigenvalue weighted by molar-refractivity contribution is 6.30. The second-order valence-electron chi connectivity index (χ2n) is 10.5. The Morgan fingerprint density at radius 2 is 1.60 bits per heavy atom. The maximum atomic E-state index is 14.2. The molecule has 0 unspecified atom stereocenters. The summed E-state index contributed by atoms with van der Waals surface area (Å²) in [5, 5.41) is 63.8. The number of benzene rings is 2. The Balaban J connectivity index is 1.72. The number of hydrogen-bond acceptors (Lipinski definition) is 10. The molecule has 6 rings (SSSR count). The molecule has 6 atom stereocenters. The predicted molar refractivity (Wildman–Crippen MR) is 130 cm³/mol. The number of phenols is 2. The third-order valence-electron chi connectivity index (χ3n) is 8.55. The lowest BCUT2D eigenvalue weighted by Crippen LogP contribution is -2.56. The summed E-state index contributed by atoms with van der Waals surface area (Å²) in [4.78, 5) is 65.7. The molecule has 1 fully saturated rings. The van der Waals surface area contributed by atoms with Crippen LogP contribution in [-0.2, 0) is 20.1 Å². The van der Waals surface area contributed by atoms with Crippen molar-refractivity contribution in [2.45, 2.75) is 37.3 Å². The van der Waals surface area contributed by atoms with Crippen LogP contribution >= 0.6 is 0 Å². The van der Waals surface area contributed by atoms with Gasteiger partial charge in [-0.1, -0.05) is 24.3 Å². The first kappa shape index (κ1) is 25.9. The third kappa shape index (κ3) is 3.03. The van der Waals surface area contributed by atoms with Gasteiger partial charge in [-0.25, -0.2) is 0 Å². The number of hydrogen-bond donors (Lipinski definition) is 6. The van der Waals surface area contributed by atoms with Crippen LogP contribution in [0.2, 0.25) is 0 Å². The summed E-state index contributed by atoms with van der Waals surface area (Å²) in [5.41, 5.74) is -4.39. The van der Waals surface area contributed by atoms with Crippen molar-refractivity contribution in [2.24, 2.45) is 17.3 Å². The number of ether oxygens (including phenoxy) is 1. The molecule has 0 saturated carbocycles. The van der Waals surface area contributed by atoms with E-state index in [0.717, 1.165) is 6.07 Å². The van der Waals surface area contributed by atoms with Crippen LogP contribution in [0.4, 0.5) is 0 Å². The molecule has 12 heteroatoms. The molecule has 12 nitrogen and oxygen atoms in total. The smallest absolute Gasteiger partial charge is 0.305 e. The molecular weight excluding hydrogens is 528 g/mol. The maximum absolute atomic E-state index is 14.2. The van der Waals surface area contributed by atoms with E-state index in [2.05, 4.69) is 0 Å². The quantitative estimate of drug-likeness (QED) is 0.309. The van der Waals surface area contributed by atoms with Gasteiger partial charge in [0.15, 0.2) is 17.3 Å². The molecule has 1 aliphatic heterocycles. The van der Waals surface area contributed by atoms with E-state index < -0.39 is 118 Å². The molecule has 2 aromatic carbocycles. The molecule has 4 aliphatic rings. The standard InChI is InChI=1S/C28H22O12/c29-13-5-1-3-11-18(13)25(37)23-21(24(11)36)20(15(31)8-17(34)35)22-26(38)19-12(4-2-6-14(19)30)28(39)27(22,23)9-10(40-28)7-16(32)33/h1-6,10,15,20,22,29-31,39H,7-9H2,(H,32,33)(H,34,35)/t10-,15-,20+,22+,27-,28+/m1/s1. The number of aliphatic hydroxyl groups excluding tert-OH is 1. The zero-order chi connectivity index (χ0) is 28.9. The van der Waals surface area contributed by atoms with Crippen molar-refractivity contribution in [1.82, 2.24) is 0 Å². The van der Waals surface area contributed by atoms with E-state index in [9.17, 15) is 54.6 Å². The Hall–Kier alpha value is -4.39. The second-order valence-corrected chi connectivity index (χ2v) is 10.5. The predicted octanol–water partition coefficient (Wildman–Crippen LogP) is 1.15. The Labute approximate surface area is 224 Å². The number of Topliss-reactive ketones (excluding diaryl/α,β-unsaturated/α-hetero) is 3. The average molecular weight is 550 g/mol. The summed E-state index contributed by atoms with van der Waals surface area (Å²) in [6.45, 7) is 0. The normalized spacial score (nSPS) is 30.8. The van der Waals surface area contributed by atoms with Gasteiger partial charge in [-0.2, -0.15) is 0 Å². The Morgan fingerprint density at radius 3 is 2.25 bits per heavy atom. The minimum absolute atomic E-state index is 0.247. The minimum atomic E-state index is -2.66. The van der Waals surface area contributed by atoms with Gasteiger partial charge in [-0.05, 0) is 18.6 Å². The molecule has 1 heterocycles. The first-order valence-corrected chi connectivity index (χ1v) is 12.4. The van der Waals surface area contributed by atoms with Crippen molar-refractivity contribution in [3.05, 3.63) is 69.8 Å². The van der Waals surface area contributed by atoms with E-state index in [-0.39, 0.29) is 11.1 Å². The van der Waals surface area contributed by atoms with Gasteiger partial charge >= 0.3 is 11.9 Å². The van der Waals surface area contributed by atoms with Crippen LogP contribution in [0.5, 0.6) is 11.5 Å². The number of carbonyl (C=O) groups is 5. The van der Waals surface area contributed by atoms with Crippen LogP contribution in [0, 0.1) is 17.3 Å². The summed E-state index contributed by atoms with van der Waals surface area (Å²) in [5.74, 6) is -12.7. The number of rotatable bonds is 5. The van der Waals surface area contributed by atoms with Crippen molar-refractivity contribution in [2.75, 3.05) is 0 Å². The Bertz CT molecular complexity index is 1600. The van der Waals surface area contributed by atoms with E-state index in [0.29, 0.717) is 0 Å². The zero-order valence-electron chi connectivity index (χ0n) is 20.5. The van der Waals surface area contributed by atoms with Crippen molar-refractivity contribution >= 4 is 29.3 Å². The van der Waals surface area contributed by atoms with Crippen LogP contribution in [-0.4, -0.2) is 72.1 Å². The first-order valence-electron chi connectivity index (χ1n) is 12.4. The lowest BCUT2D eigenvalue weighted by molar-refractivity contribution is -0.252. The van der Waals surface area contributed by atoms with Gasteiger partial charge < -0.3 is 35.4 Å². The highest BCUT2D eigenvalue weighted by Crippen LogP contribution is 2.71. The molecule has 1 saturated heterocycles. The van der Waals surface area contributed by atoms with Crippen LogP contribution < -0.4 is 0 Å². The molecule has 1 spiro atoms. The Morgan fingerprint density at radius 1 is 0.950 bits per heavy atom. The fourth-order valence-electron chi connectivity index (χ4n) is 7.31. The van der Waals surface area contributed by atoms with Gasteiger partial charge in [0.05, 0.1) is 41.6 Å². The topological polar surface area (TPSA) is 216 Å². The first-order chi connectivity index (χ1) is 18.8. The molecule has 0 aromatic heterocycles. The van der Waals surface area contributed by atoms with E-state index >= 15 is 0 Å². The molecule has 0 bridgehead atoms. The number of phenolic OH excluding ortho intramolecular Hbond substituents is 2. The lowest BCUT2D eigenvalue weighted by atomic mass is 9.55. The minimum Gasteiger partial charge on any atom is -0.507 e. The third-order valence-corrected chi connectivity index (χ3v) is 8.55. The van der Waals surface area contributed by atoms with E-state index in [1.807, 2.05) is 0 Å². The summed E-state index contributed by atoms with van der Waals surface area (Å²) >= 11 is 0. The maximum Gasteiger partial charge on any atom is 0.305 e. The number of carboxylic acid groups (broad SMARTS) is 2. The number of aliphatic carboxylic acids is 2. The summed E-state index contributed by atoms with van der Waals surface area (Å²) in [6, 6.07) is 7.45. The highest BCUT2D eigenvalue weighted by Gasteiger charge is 2.77. The number of carboxylic acids is 2. The molecule has 0 amide bonds. The lowest BCUT2D eigenvalue weighted by Gasteiger charge is -2.48. The fraction of sp³-hybridized carbons (Fsp3) is 0.321. The number of carbonyl (C=O) groups excluding carboxylic acids is 3. The van der Waals surface area contributed by atoms with Crippen LogP contribution in [0.3, 0.4) is 0 Å². The van der Waals surface area contributed by atoms with E-state index in [1.165, 1.54) is 30.3 Å². The van der Waals surface area contributed by atoms with E-state index in [1.54, 1.807) is 0 Å². The van der Waals surface area contributed by atoms with Gasteiger partial charge in [0, 0.05) is 34.1 Å². The van der Waals surface area contributed by atoms with E-state index in [4.69, 9.17) is 4.74 Å². The van der Waals surface area contributed by atoms with Crippen molar-refractivity contribution in [1.29, 1.82) is 0 Å². The van der Waals surface area contributed by atoms with Gasteiger partial charge in [0.1, 0.15) is 11.5 Å². The number of aliphatic hydroxyl groups is 2. The van der Waals surface area contributed by atoms with Gasteiger partial charge in [0.25, 0.3) is 0 Å². The van der Waals surface area contributed by atoms with Gasteiger partial charge in [-0.3, -0.25) is 24.0 Å². The number of aromatic hydroxyl groups is 2. The highest BCUT2D eigenvalue weighted by atomic mass is 16.6. The van der Waals surface area contributed by atoms with Crippen molar-refractivity contribution < 1.29 is 59.3 Å². The van der Waals surface area contributed by atoms with Gasteiger partial charge in [0.2, 0.25) is 5.79 Å². The van der Waals surface area contributed by atoms with Crippen LogP contribution in [0.25, 0.3) is 0 Å². The number of ketones is 3. The second kappa shape index (κ2) is 8.31. The molecule has 6 N–H and O–H groups in total. The molecule has 40 heavy (non-hydrogen) atoms. The summed E-state index contributed by atoms with van der Waals surface area (Å²) in [6.07, 6.45) is -5.31. The summed E-state index contributed by atoms with van der Waals surface area (Å²) in [7, 11) is 0. The van der Waals surface area contributed by atoms with Crippen molar-refractivity contribution in [3.8, 4) is 11.5 Å². The zero-order valence-corrected chi connectivity index (χ0v) is 20.5. The molecule has 0 radical (unpaired) electrons. The Kier molecular flexibility index (Phi) is 5.37. The molecular formula is C28H22O12. The molecule has 206 valence electrons. The fourth-order valence-corrected chi connectivity index (χ4v) is 7.31. The summed E-state index contributed by atoms with van der Waals surface area (Å²) < 4.78 is 5.91. The monoisotopic (exact) mass is 550 g/mol. The number of fused-ring (bicyclic) bond motifs is 3.